The van der Waals surface area contributed by atoms with Crippen molar-refractivity contribution in [3.05, 3.63) is 40.4 Å². The Kier molecular flexibility index (Phi) is 10.1. The number of benzene rings is 1. The number of aliphatic imine (C=N–C) groups is 1. The van der Waals surface area contributed by atoms with Crippen molar-refractivity contribution in [2.75, 3.05) is 13.1 Å². The van der Waals surface area contributed by atoms with E-state index in [1.54, 1.807) is 0 Å². The maximum absolute atomic E-state index is 4.64. The molecular weight excluding hydrogens is 539 g/mol. The Balaban J connectivity index is 0.00000364. The molecule has 0 spiro atoms. The summed E-state index contributed by atoms with van der Waals surface area (Å²) in [4.78, 5) is 5.88. The van der Waals surface area contributed by atoms with Crippen LogP contribution in [0.4, 0.5) is 0 Å². The van der Waals surface area contributed by atoms with Crippen LogP contribution in [0.3, 0.4) is 0 Å². The van der Waals surface area contributed by atoms with E-state index < -0.39 is 0 Å². The van der Waals surface area contributed by atoms with Gasteiger partial charge in [0.1, 0.15) is 12.4 Å². The van der Waals surface area contributed by atoms with Gasteiger partial charge in [0.15, 0.2) is 11.8 Å². The number of nitrogens with one attached hydrogen (secondary N) is 2. The van der Waals surface area contributed by atoms with E-state index in [1.807, 2.05) is 30.3 Å². The number of hydrogen-bond acceptors (Lipinski definition) is 4. The van der Waals surface area contributed by atoms with Crippen molar-refractivity contribution in [2.45, 2.75) is 43.9 Å². The van der Waals surface area contributed by atoms with Gasteiger partial charge in [-0.05, 0) is 52.0 Å². The van der Waals surface area contributed by atoms with Crippen molar-refractivity contribution in [1.82, 2.24) is 25.4 Å². The van der Waals surface area contributed by atoms with Crippen LogP contribution in [-0.4, -0.2) is 38.6 Å². The van der Waals surface area contributed by atoms with Crippen LogP contribution in [-0.2, 0) is 13.6 Å². The molecule has 1 heterocycles. The highest BCUT2D eigenvalue weighted by molar-refractivity contribution is 14.0. The van der Waals surface area contributed by atoms with Gasteiger partial charge in [0.2, 0.25) is 0 Å². The number of nitrogens with zero attached hydrogens (tertiary/aromatic N) is 4. The van der Waals surface area contributed by atoms with Crippen LogP contribution in [0.25, 0.3) is 0 Å². The van der Waals surface area contributed by atoms with Crippen LogP contribution in [0.1, 0.15) is 32.4 Å². The minimum Gasteiger partial charge on any atom is -0.357 e. The van der Waals surface area contributed by atoms with Crippen molar-refractivity contribution in [3.8, 4) is 0 Å². The van der Waals surface area contributed by atoms with Crippen molar-refractivity contribution in [1.29, 1.82) is 0 Å². The van der Waals surface area contributed by atoms with E-state index in [1.165, 1.54) is 4.90 Å². The maximum Gasteiger partial charge on any atom is 0.191 e. The smallest absolute Gasteiger partial charge is 0.191 e. The van der Waals surface area contributed by atoms with Crippen LogP contribution in [0.5, 0.6) is 0 Å². The summed E-state index contributed by atoms with van der Waals surface area (Å²) in [6.45, 7) is 10.5. The lowest BCUT2D eigenvalue weighted by atomic mass is 10.2. The van der Waals surface area contributed by atoms with E-state index in [0.29, 0.717) is 6.54 Å². The van der Waals surface area contributed by atoms with Gasteiger partial charge in [-0.25, -0.2) is 4.99 Å². The maximum atomic E-state index is 4.64. The van der Waals surface area contributed by atoms with Gasteiger partial charge >= 0.3 is 0 Å². The summed E-state index contributed by atoms with van der Waals surface area (Å²) in [5, 5.41) is 15.0. The first-order valence-corrected chi connectivity index (χ1v) is 10.2. The van der Waals surface area contributed by atoms with Gasteiger partial charge in [0.25, 0.3) is 0 Å². The summed E-state index contributed by atoms with van der Waals surface area (Å²) < 4.78 is 3.07. The minimum atomic E-state index is 0. The summed E-state index contributed by atoms with van der Waals surface area (Å²) >= 11 is 5.32. The molecule has 0 aliphatic heterocycles. The lowest BCUT2D eigenvalue weighted by molar-refractivity contribution is 0.661. The van der Waals surface area contributed by atoms with E-state index in [-0.39, 0.29) is 28.7 Å². The van der Waals surface area contributed by atoms with Gasteiger partial charge in [-0.1, -0.05) is 15.9 Å². The monoisotopic (exact) mass is 566 g/mol. The number of hydrogen-bond donors (Lipinski definition) is 2. The Labute approximate surface area is 191 Å². The fourth-order valence-corrected chi connectivity index (χ4v) is 3.55. The van der Waals surface area contributed by atoms with Crippen LogP contribution >= 0.6 is 51.7 Å². The summed E-state index contributed by atoms with van der Waals surface area (Å²) in [7, 11) is 1.96. The van der Waals surface area contributed by atoms with Gasteiger partial charge in [-0.3, -0.25) is 0 Å². The molecule has 2 rings (SSSR count). The van der Waals surface area contributed by atoms with Crippen LogP contribution < -0.4 is 10.6 Å². The molecule has 0 radical (unpaired) electrons. The summed E-state index contributed by atoms with van der Waals surface area (Å²) in [5.41, 5.74) is 0. The normalized spacial score (nSPS) is 11.9. The molecule has 0 bridgehead atoms. The summed E-state index contributed by atoms with van der Waals surface area (Å²) in [6, 6.07) is 8.40. The van der Waals surface area contributed by atoms with Crippen LogP contribution in [0.2, 0.25) is 0 Å². The Morgan fingerprint density at radius 2 is 1.89 bits per heavy atom. The predicted octanol–water partition coefficient (Wildman–Crippen LogP) is 4.13. The second-order valence-corrected chi connectivity index (χ2v) is 9.28. The van der Waals surface area contributed by atoms with Gasteiger partial charge in [0.05, 0.1) is 0 Å². The molecule has 1 aromatic heterocycles. The Bertz CT molecular complexity index is 745. The first-order chi connectivity index (χ1) is 12.3. The number of aryl methyl sites for hydroxylation is 1. The highest BCUT2D eigenvalue weighted by Crippen LogP contribution is 2.32. The highest BCUT2D eigenvalue weighted by Gasteiger charge is 2.20. The largest absolute Gasteiger partial charge is 0.357 e. The zero-order valence-electron chi connectivity index (χ0n) is 16.4. The van der Waals surface area contributed by atoms with Crippen molar-refractivity contribution < 1.29 is 0 Å². The number of halogens is 2. The molecule has 9 heteroatoms. The second kappa shape index (κ2) is 11.3. The molecule has 2 N–H and O–H groups in total. The number of aromatic nitrogens is 3. The number of thioether (sulfide) groups is 1. The van der Waals surface area contributed by atoms with Gasteiger partial charge in [-0.2, -0.15) is 0 Å². The van der Waals surface area contributed by atoms with Crippen molar-refractivity contribution >= 4 is 57.6 Å². The average Bonchev–Trinajstić information content (AvgIpc) is 2.91. The first-order valence-electron chi connectivity index (χ1n) is 8.62. The average molecular weight is 567 g/mol. The van der Waals surface area contributed by atoms with Gasteiger partial charge in [0, 0.05) is 34.3 Å². The Morgan fingerprint density at radius 1 is 1.22 bits per heavy atom. The fraction of sp³-hybridized carbons (Fsp3) is 0.500. The van der Waals surface area contributed by atoms with Crippen LogP contribution in [0, 0.1) is 6.92 Å². The lowest BCUT2D eigenvalue weighted by Crippen LogP contribution is -2.43. The number of rotatable bonds is 7. The highest BCUT2D eigenvalue weighted by atomic mass is 127. The summed E-state index contributed by atoms with van der Waals surface area (Å²) in [6.07, 6.45) is 0. The third-order valence-corrected chi connectivity index (χ3v) is 5.53. The number of guanidine groups is 1. The molecule has 0 amide bonds. The van der Waals surface area contributed by atoms with Gasteiger partial charge < -0.3 is 15.2 Å². The zero-order valence-corrected chi connectivity index (χ0v) is 21.1. The lowest BCUT2D eigenvalue weighted by Gasteiger charge is -2.25. The zero-order chi connectivity index (χ0) is 19.2. The molecule has 0 fully saturated rings. The third kappa shape index (κ3) is 7.98. The second-order valence-electron chi connectivity index (χ2n) is 6.59. The van der Waals surface area contributed by atoms with E-state index in [2.05, 4.69) is 86.8 Å². The van der Waals surface area contributed by atoms with E-state index >= 15 is 0 Å². The molecule has 0 saturated carbocycles. The molecule has 1 aromatic carbocycles. The van der Waals surface area contributed by atoms with E-state index in [0.717, 1.165) is 35.2 Å². The van der Waals surface area contributed by atoms with E-state index in [9.17, 15) is 0 Å². The molecule has 6 nitrogen and oxygen atoms in total. The fourth-order valence-electron chi connectivity index (χ4n) is 2.23. The summed E-state index contributed by atoms with van der Waals surface area (Å²) in [5.74, 6) is 2.53. The molecule has 0 aliphatic rings. The molecule has 0 aliphatic carbocycles. The predicted molar refractivity (Wildman–Crippen MR) is 128 cm³/mol. The molecule has 150 valence electrons. The van der Waals surface area contributed by atoms with Crippen molar-refractivity contribution in [2.24, 2.45) is 12.0 Å². The quantitative estimate of drug-likeness (QED) is 0.228. The molecule has 0 saturated heterocycles. The molecular formula is C18H28BrIN6S. The molecule has 27 heavy (non-hydrogen) atoms. The topological polar surface area (TPSA) is 67.1 Å². The molecule has 0 atom stereocenters. The minimum absolute atomic E-state index is 0. The Morgan fingerprint density at radius 3 is 2.44 bits per heavy atom. The van der Waals surface area contributed by atoms with Crippen LogP contribution in [0.15, 0.2) is 38.6 Å². The third-order valence-electron chi connectivity index (χ3n) is 3.79. The van der Waals surface area contributed by atoms with Gasteiger partial charge in [-0.15, -0.1) is 45.9 Å². The Hall–Kier alpha value is -0.810. The van der Waals surface area contributed by atoms with E-state index in [4.69, 9.17) is 0 Å². The standard InChI is InChI=1S/C18H27BrN6S.HI/c1-6-20-17(21-11-16-24-23-13(2)25(16)5)22-12-18(3,4)26-15-9-7-14(19)8-10-15;/h7-10H,6,11-12H2,1-5H3,(H2,20,21,22);1H. The van der Waals surface area contributed by atoms with Crippen molar-refractivity contribution in [3.63, 3.8) is 0 Å². The SMILES string of the molecule is CCNC(=NCc1nnc(C)n1C)NCC(C)(C)Sc1ccc(Br)cc1.I. The molecule has 2 aromatic rings. The molecule has 0 unspecified atom stereocenters. The first kappa shape index (κ1) is 24.2.